The predicted molar refractivity (Wildman–Crippen MR) is 106 cm³/mol. The van der Waals surface area contributed by atoms with Gasteiger partial charge in [0, 0.05) is 37.8 Å². The number of hydrogen-bond acceptors (Lipinski definition) is 7. The SMILES string of the molecule is CCCN1CCN(C(=O)c2cc(COc3ccc(C(C)=O)cc3OC)on2)CC1. The molecule has 1 fully saturated rings. The molecule has 1 aromatic carbocycles. The maximum absolute atomic E-state index is 12.6. The number of Topliss-reactive ketones (excluding diaryl/α,β-unsaturated/α-hetero) is 1. The number of amides is 1. The average Bonchev–Trinajstić information content (AvgIpc) is 3.21. The molecule has 29 heavy (non-hydrogen) atoms. The van der Waals surface area contributed by atoms with E-state index in [0.717, 1.165) is 26.1 Å². The fraction of sp³-hybridized carbons (Fsp3) is 0.476. The summed E-state index contributed by atoms with van der Waals surface area (Å²) in [6.07, 6.45) is 1.11. The summed E-state index contributed by atoms with van der Waals surface area (Å²) in [4.78, 5) is 28.3. The Morgan fingerprint density at radius 3 is 2.55 bits per heavy atom. The van der Waals surface area contributed by atoms with Crippen LogP contribution in [0.5, 0.6) is 11.5 Å². The summed E-state index contributed by atoms with van der Waals surface area (Å²) < 4.78 is 16.3. The molecule has 0 atom stereocenters. The summed E-state index contributed by atoms with van der Waals surface area (Å²) in [5, 5.41) is 3.90. The van der Waals surface area contributed by atoms with E-state index >= 15 is 0 Å². The second-order valence-electron chi connectivity index (χ2n) is 7.02. The molecule has 0 saturated carbocycles. The summed E-state index contributed by atoms with van der Waals surface area (Å²) >= 11 is 0. The minimum atomic E-state index is -0.125. The van der Waals surface area contributed by atoms with E-state index in [2.05, 4.69) is 17.0 Å². The number of ketones is 1. The van der Waals surface area contributed by atoms with Gasteiger partial charge in [0.05, 0.1) is 7.11 Å². The first-order valence-electron chi connectivity index (χ1n) is 9.80. The van der Waals surface area contributed by atoms with Crippen LogP contribution in [0.15, 0.2) is 28.8 Å². The highest BCUT2D eigenvalue weighted by Gasteiger charge is 2.24. The van der Waals surface area contributed by atoms with Crippen molar-refractivity contribution in [3.05, 3.63) is 41.3 Å². The lowest BCUT2D eigenvalue weighted by molar-refractivity contribution is 0.0627. The van der Waals surface area contributed by atoms with Crippen LogP contribution in [-0.4, -0.2) is 66.5 Å². The van der Waals surface area contributed by atoms with Gasteiger partial charge in [-0.3, -0.25) is 14.5 Å². The Balaban J connectivity index is 1.58. The number of benzene rings is 1. The number of nitrogens with zero attached hydrogens (tertiary/aromatic N) is 3. The highest BCUT2D eigenvalue weighted by atomic mass is 16.5. The summed E-state index contributed by atoms with van der Waals surface area (Å²) in [5.41, 5.74) is 0.826. The Morgan fingerprint density at radius 2 is 1.90 bits per heavy atom. The van der Waals surface area contributed by atoms with Crippen molar-refractivity contribution in [2.75, 3.05) is 39.8 Å². The molecule has 1 aliphatic heterocycles. The number of ether oxygens (including phenoxy) is 2. The van der Waals surface area contributed by atoms with Gasteiger partial charge in [0.15, 0.2) is 28.7 Å². The normalized spacial score (nSPS) is 14.7. The molecule has 2 heterocycles. The molecule has 156 valence electrons. The summed E-state index contributed by atoms with van der Waals surface area (Å²) in [7, 11) is 1.51. The molecule has 1 aromatic heterocycles. The number of methoxy groups -OCH3 is 1. The van der Waals surface area contributed by atoms with E-state index in [0.29, 0.717) is 35.9 Å². The molecule has 1 amide bonds. The molecule has 0 spiro atoms. The fourth-order valence-corrected chi connectivity index (χ4v) is 3.29. The van der Waals surface area contributed by atoms with E-state index in [-0.39, 0.29) is 24.0 Å². The highest BCUT2D eigenvalue weighted by Crippen LogP contribution is 2.29. The van der Waals surface area contributed by atoms with Crippen LogP contribution in [0.3, 0.4) is 0 Å². The van der Waals surface area contributed by atoms with Gasteiger partial charge < -0.3 is 18.9 Å². The second kappa shape index (κ2) is 9.56. The third kappa shape index (κ3) is 5.14. The Bertz CT molecular complexity index is 856. The van der Waals surface area contributed by atoms with Crippen molar-refractivity contribution in [1.29, 1.82) is 0 Å². The summed E-state index contributed by atoms with van der Waals surface area (Å²) in [5.74, 6) is 1.20. The zero-order valence-electron chi connectivity index (χ0n) is 17.1. The molecule has 0 radical (unpaired) electrons. The van der Waals surface area contributed by atoms with Crippen molar-refractivity contribution in [3.63, 3.8) is 0 Å². The third-order valence-corrected chi connectivity index (χ3v) is 4.92. The van der Waals surface area contributed by atoms with Gasteiger partial charge in [-0.15, -0.1) is 0 Å². The molecule has 8 heteroatoms. The van der Waals surface area contributed by atoms with Gasteiger partial charge in [0.1, 0.15) is 6.61 Å². The van der Waals surface area contributed by atoms with Gasteiger partial charge in [-0.05, 0) is 38.1 Å². The zero-order valence-corrected chi connectivity index (χ0v) is 17.1. The van der Waals surface area contributed by atoms with Crippen LogP contribution >= 0.6 is 0 Å². The molecule has 0 unspecified atom stereocenters. The van der Waals surface area contributed by atoms with E-state index in [1.165, 1.54) is 14.0 Å². The molecule has 0 aliphatic carbocycles. The second-order valence-corrected chi connectivity index (χ2v) is 7.02. The maximum atomic E-state index is 12.6. The monoisotopic (exact) mass is 401 g/mol. The number of aromatic nitrogens is 1. The van der Waals surface area contributed by atoms with Crippen molar-refractivity contribution < 1.29 is 23.6 Å². The van der Waals surface area contributed by atoms with Gasteiger partial charge in [-0.2, -0.15) is 0 Å². The largest absolute Gasteiger partial charge is 0.493 e. The van der Waals surface area contributed by atoms with Crippen LogP contribution in [0.4, 0.5) is 0 Å². The summed E-state index contributed by atoms with van der Waals surface area (Å²) in [6, 6.07) is 6.59. The Hall–Kier alpha value is -2.87. The van der Waals surface area contributed by atoms with Crippen molar-refractivity contribution in [2.24, 2.45) is 0 Å². The van der Waals surface area contributed by atoms with Crippen LogP contribution in [0, 0.1) is 0 Å². The topological polar surface area (TPSA) is 85.1 Å². The Labute approximate surface area is 170 Å². The number of hydrogen-bond donors (Lipinski definition) is 0. The van der Waals surface area contributed by atoms with Crippen LogP contribution in [0.1, 0.15) is 46.9 Å². The lowest BCUT2D eigenvalue weighted by Crippen LogP contribution is -2.48. The number of piperazine rings is 1. The molecule has 3 rings (SSSR count). The minimum Gasteiger partial charge on any atom is -0.493 e. The van der Waals surface area contributed by atoms with Crippen LogP contribution in [0.2, 0.25) is 0 Å². The predicted octanol–water partition coefficient (Wildman–Crippen LogP) is 2.63. The van der Waals surface area contributed by atoms with Gasteiger partial charge in [0.25, 0.3) is 5.91 Å². The van der Waals surface area contributed by atoms with Crippen molar-refractivity contribution >= 4 is 11.7 Å². The molecular weight excluding hydrogens is 374 g/mol. The molecule has 0 N–H and O–H groups in total. The van der Waals surface area contributed by atoms with Gasteiger partial charge in [0.2, 0.25) is 0 Å². The van der Waals surface area contributed by atoms with E-state index in [1.54, 1.807) is 29.2 Å². The first-order valence-corrected chi connectivity index (χ1v) is 9.80. The van der Waals surface area contributed by atoms with Crippen molar-refractivity contribution in [3.8, 4) is 11.5 Å². The quantitative estimate of drug-likeness (QED) is 0.629. The fourth-order valence-electron chi connectivity index (χ4n) is 3.29. The van der Waals surface area contributed by atoms with Crippen LogP contribution in [0.25, 0.3) is 0 Å². The Morgan fingerprint density at radius 1 is 1.14 bits per heavy atom. The van der Waals surface area contributed by atoms with E-state index < -0.39 is 0 Å². The molecule has 8 nitrogen and oxygen atoms in total. The molecular formula is C21H27N3O5. The lowest BCUT2D eigenvalue weighted by atomic mass is 10.1. The summed E-state index contributed by atoms with van der Waals surface area (Å²) in [6.45, 7) is 7.95. The van der Waals surface area contributed by atoms with E-state index in [4.69, 9.17) is 14.0 Å². The van der Waals surface area contributed by atoms with E-state index in [9.17, 15) is 9.59 Å². The van der Waals surface area contributed by atoms with Gasteiger partial charge >= 0.3 is 0 Å². The zero-order chi connectivity index (χ0) is 20.8. The third-order valence-electron chi connectivity index (χ3n) is 4.92. The average molecular weight is 401 g/mol. The minimum absolute atomic E-state index is 0.0521. The Kier molecular flexibility index (Phi) is 6.87. The first-order chi connectivity index (χ1) is 14.0. The highest BCUT2D eigenvalue weighted by molar-refractivity contribution is 5.94. The van der Waals surface area contributed by atoms with Crippen molar-refractivity contribution in [2.45, 2.75) is 26.9 Å². The number of rotatable bonds is 8. The molecule has 2 aromatic rings. The van der Waals surface area contributed by atoms with Gasteiger partial charge in [-0.1, -0.05) is 12.1 Å². The smallest absolute Gasteiger partial charge is 0.276 e. The number of carbonyl (C=O) groups excluding carboxylic acids is 2. The van der Waals surface area contributed by atoms with Crippen LogP contribution in [-0.2, 0) is 6.61 Å². The van der Waals surface area contributed by atoms with Gasteiger partial charge in [-0.25, -0.2) is 0 Å². The maximum Gasteiger partial charge on any atom is 0.276 e. The molecule has 1 aliphatic rings. The molecule has 1 saturated heterocycles. The standard InChI is InChI=1S/C21H27N3O5/c1-4-7-23-8-10-24(11-9-23)21(26)18-13-17(29-22-18)14-28-19-6-5-16(15(2)25)12-20(19)27-3/h5-6,12-13H,4,7-11,14H2,1-3H3. The van der Waals surface area contributed by atoms with Crippen molar-refractivity contribution in [1.82, 2.24) is 15.0 Å². The molecule has 0 bridgehead atoms. The number of carbonyl (C=O) groups is 2. The lowest BCUT2D eigenvalue weighted by Gasteiger charge is -2.34. The first kappa shape index (κ1) is 20.9. The van der Waals surface area contributed by atoms with Crippen LogP contribution < -0.4 is 9.47 Å². The van der Waals surface area contributed by atoms with E-state index in [1.807, 2.05) is 0 Å².